The van der Waals surface area contributed by atoms with Crippen LogP contribution in [0.3, 0.4) is 0 Å². The second kappa shape index (κ2) is 11.0. The monoisotopic (exact) mass is 516 g/mol. The number of carbonyl (C=O) groups is 1. The molecule has 1 atom stereocenters. The zero-order chi connectivity index (χ0) is 25.9. The van der Waals surface area contributed by atoms with Gasteiger partial charge in [-0.3, -0.25) is 19.8 Å². The van der Waals surface area contributed by atoms with E-state index < -0.39 is 6.17 Å². The van der Waals surface area contributed by atoms with Crippen molar-refractivity contribution < 1.29 is 9.18 Å². The highest BCUT2D eigenvalue weighted by molar-refractivity contribution is 6.06. The van der Waals surface area contributed by atoms with Crippen molar-refractivity contribution in [3.05, 3.63) is 59.8 Å². The molecule has 0 bridgehead atoms. The van der Waals surface area contributed by atoms with E-state index >= 15 is 0 Å². The number of allylic oxidation sites excluding steroid dienone is 1. The third-order valence-electron chi connectivity index (χ3n) is 7.51. The van der Waals surface area contributed by atoms with Crippen molar-refractivity contribution in [2.75, 3.05) is 39.3 Å². The molecule has 3 aromatic rings. The fraction of sp³-hybridized carbons (Fsp3) is 0.429. The number of aromatic amines is 1. The lowest BCUT2D eigenvalue weighted by Crippen LogP contribution is -2.50. The van der Waals surface area contributed by atoms with Crippen LogP contribution in [0.1, 0.15) is 41.7 Å². The number of H-pyrrole nitrogens is 1. The molecule has 1 unspecified atom stereocenters. The number of nitrogens with one attached hydrogen (secondary N) is 3. The molecule has 0 spiro atoms. The first kappa shape index (κ1) is 24.7. The van der Waals surface area contributed by atoms with Crippen molar-refractivity contribution in [3.8, 4) is 11.1 Å². The van der Waals surface area contributed by atoms with Crippen LogP contribution in [0.25, 0.3) is 22.0 Å². The van der Waals surface area contributed by atoms with Crippen LogP contribution in [0, 0.1) is 0 Å². The summed E-state index contributed by atoms with van der Waals surface area (Å²) in [6.07, 6.45) is 7.99. The predicted molar refractivity (Wildman–Crippen MR) is 145 cm³/mol. The van der Waals surface area contributed by atoms with Gasteiger partial charge in [-0.15, -0.1) is 0 Å². The number of likely N-dealkylation sites (tertiary alicyclic amines) is 1. The average molecular weight is 517 g/mol. The Bertz CT molecular complexity index is 1370. The van der Waals surface area contributed by atoms with Gasteiger partial charge in [0.2, 0.25) is 0 Å². The molecule has 2 saturated heterocycles. The van der Waals surface area contributed by atoms with Gasteiger partial charge in [0, 0.05) is 74.4 Å². The van der Waals surface area contributed by atoms with Crippen molar-refractivity contribution in [1.29, 1.82) is 0 Å². The number of aliphatic imine (C=N–C) groups is 1. The summed E-state index contributed by atoms with van der Waals surface area (Å²) in [5.41, 5.74) is 4.62. The zero-order valence-electron chi connectivity index (χ0n) is 21.4. The standard InChI is InChI=1S/C28H33FN8O/c29-24-14-22(17-32-27(24)37-10-6-30-7-11-37)33-28(38)26-23-13-20(4-5-25(23)34-35-26)21-12-19(15-31-16-21)18-36-8-2-1-3-9-36/h4-5,12-13,15-17,24,30H,1-3,6-11,14,18H2,(H,33,38)(H,34,35). The number of fused-ring (bicyclic) bond motifs is 1. The van der Waals surface area contributed by atoms with Crippen LogP contribution in [-0.2, 0) is 6.54 Å². The first-order valence-electron chi connectivity index (χ1n) is 13.5. The molecule has 0 aliphatic carbocycles. The summed E-state index contributed by atoms with van der Waals surface area (Å²) in [6.45, 7) is 6.24. The Morgan fingerprint density at radius 1 is 1.05 bits per heavy atom. The van der Waals surface area contributed by atoms with E-state index in [0.29, 0.717) is 16.9 Å². The summed E-state index contributed by atoms with van der Waals surface area (Å²) in [7, 11) is 0. The summed E-state index contributed by atoms with van der Waals surface area (Å²) in [4.78, 5) is 26.4. The molecule has 1 amide bonds. The SMILES string of the molecule is O=C(NC1=CN=C(N2CCNCC2)C(F)C1)c1n[nH]c2ccc(-c3cncc(CN4CCCCC4)c3)cc12. The minimum atomic E-state index is -1.25. The van der Waals surface area contributed by atoms with Gasteiger partial charge in [0.1, 0.15) is 5.84 Å². The Balaban J connectivity index is 1.19. The minimum Gasteiger partial charge on any atom is -0.355 e. The van der Waals surface area contributed by atoms with E-state index in [4.69, 9.17) is 0 Å². The number of alkyl halides is 1. The summed E-state index contributed by atoms with van der Waals surface area (Å²) in [6, 6.07) is 8.06. The number of piperidine rings is 1. The molecule has 6 rings (SSSR count). The Morgan fingerprint density at radius 2 is 1.89 bits per heavy atom. The maximum Gasteiger partial charge on any atom is 0.276 e. The summed E-state index contributed by atoms with van der Waals surface area (Å²) in [5.74, 6) is 0.0557. The lowest BCUT2D eigenvalue weighted by Gasteiger charge is -2.33. The third kappa shape index (κ3) is 5.32. The van der Waals surface area contributed by atoms with Gasteiger partial charge in [-0.25, -0.2) is 9.38 Å². The number of benzene rings is 1. The van der Waals surface area contributed by atoms with Gasteiger partial charge in [-0.2, -0.15) is 5.10 Å². The van der Waals surface area contributed by atoms with Crippen LogP contribution in [0.4, 0.5) is 4.39 Å². The van der Waals surface area contributed by atoms with Crippen molar-refractivity contribution in [2.45, 2.75) is 38.4 Å². The maximum absolute atomic E-state index is 14.9. The number of amidine groups is 1. The summed E-state index contributed by atoms with van der Waals surface area (Å²) < 4.78 is 14.9. The zero-order valence-corrected chi connectivity index (χ0v) is 21.4. The molecule has 3 N–H and O–H groups in total. The van der Waals surface area contributed by atoms with E-state index in [0.717, 1.165) is 62.5 Å². The molecule has 2 aromatic heterocycles. The second-order valence-electron chi connectivity index (χ2n) is 10.3. The minimum absolute atomic E-state index is 0.0809. The van der Waals surface area contributed by atoms with Crippen LogP contribution in [-0.4, -0.2) is 82.2 Å². The number of aromatic nitrogens is 3. The Kier molecular flexibility index (Phi) is 7.15. The summed E-state index contributed by atoms with van der Waals surface area (Å²) in [5, 5.41) is 14.0. The largest absolute Gasteiger partial charge is 0.355 e. The molecule has 38 heavy (non-hydrogen) atoms. The highest BCUT2D eigenvalue weighted by atomic mass is 19.1. The molecular formula is C28H33FN8O. The normalized spacial score (nSPS) is 20.8. The molecule has 9 nitrogen and oxygen atoms in total. The van der Waals surface area contributed by atoms with E-state index in [2.05, 4.69) is 41.8 Å². The molecule has 3 aliphatic heterocycles. The molecule has 2 fully saturated rings. The Labute approximate surface area is 221 Å². The van der Waals surface area contributed by atoms with E-state index in [-0.39, 0.29) is 18.0 Å². The van der Waals surface area contributed by atoms with Gasteiger partial charge in [0.15, 0.2) is 11.9 Å². The highest BCUT2D eigenvalue weighted by Gasteiger charge is 2.28. The smallest absolute Gasteiger partial charge is 0.276 e. The highest BCUT2D eigenvalue weighted by Crippen LogP contribution is 2.27. The van der Waals surface area contributed by atoms with Crippen LogP contribution in [0.5, 0.6) is 0 Å². The van der Waals surface area contributed by atoms with Crippen molar-refractivity contribution in [3.63, 3.8) is 0 Å². The number of pyridine rings is 1. The van der Waals surface area contributed by atoms with Crippen LogP contribution in [0.2, 0.25) is 0 Å². The van der Waals surface area contributed by atoms with Crippen LogP contribution in [0.15, 0.2) is 53.5 Å². The molecule has 1 aromatic carbocycles. The fourth-order valence-corrected chi connectivity index (χ4v) is 5.50. The quantitative estimate of drug-likeness (QED) is 0.481. The number of rotatable bonds is 5. The van der Waals surface area contributed by atoms with Crippen molar-refractivity contribution >= 4 is 22.6 Å². The third-order valence-corrected chi connectivity index (χ3v) is 7.51. The number of hydrogen-bond donors (Lipinski definition) is 3. The maximum atomic E-state index is 14.9. The fourth-order valence-electron chi connectivity index (χ4n) is 5.50. The number of amides is 1. The second-order valence-corrected chi connectivity index (χ2v) is 10.3. The lowest BCUT2D eigenvalue weighted by atomic mass is 10.0. The Morgan fingerprint density at radius 3 is 2.71 bits per heavy atom. The number of piperazine rings is 1. The van der Waals surface area contributed by atoms with Gasteiger partial charge < -0.3 is 15.5 Å². The lowest BCUT2D eigenvalue weighted by molar-refractivity contribution is 0.0960. The molecule has 5 heterocycles. The molecule has 10 heteroatoms. The van der Waals surface area contributed by atoms with Gasteiger partial charge in [-0.05, 0) is 55.3 Å². The van der Waals surface area contributed by atoms with Gasteiger partial charge >= 0.3 is 0 Å². The van der Waals surface area contributed by atoms with Crippen molar-refractivity contribution in [1.82, 2.24) is 35.6 Å². The van der Waals surface area contributed by atoms with E-state index in [1.807, 2.05) is 35.5 Å². The number of halogens is 1. The molecular weight excluding hydrogens is 483 g/mol. The van der Waals surface area contributed by atoms with Gasteiger partial charge in [-0.1, -0.05) is 12.5 Å². The van der Waals surface area contributed by atoms with Crippen LogP contribution >= 0.6 is 0 Å². The molecule has 0 saturated carbocycles. The average Bonchev–Trinajstić information content (AvgIpc) is 3.38. The number of nitrogens with zero attached hydrogens (tertiary/aromatic N) is 5. The number of carbonyl (C=O) groups excluding carboxylic acids is 1. The summed E-state index contributed by atoms with van der Waals surface area (Å²) >= 11 is 0. The molecule has 0 radical (unpaired) electrons. The molecule has 198 valence electrons. The first-order valence-corrected chi connectivity index (χ1v) is 13.5. The first-order chi connectivity index (χ1) is 18.6. The Hall–Kier alpha value is -3.63. The van der Waals surface area contributed by atoms with E-state index in [9.17, 15) is 9.18 Å². The molecule has 3 aliphatic rings. The van der Waals surface area contributed by atoms with E-state index in [1.54, 1.807) is 6.20 Å². The topological polar surface area (TPSA) is 102 Å². The van der Waals surface area contributed by atoms with Crippen molar-refractivity contribution in [2.24, 2.45) is 4.99 Å². The van der Waals surface area contributed by atoms with Gasteiger partial charge in [0.25, 0.3) is 5.91 Å². The van der Waals surface area contributed by atoms with Crippen LogP contribution < -0.4 is 10.6 Å². The predicted octanol–water partition coefficient (Wildman–Crippen LogP) is 3.23. The van der Waals surface area contributed by atoms with E-state index in [1.165, 1.54) is 24.8 Å². The number of hydrogen-bond acceptors (Lipinski definition) is 7. The van der Waals surface area contributed by atoms with Gasteiger partial charge in [0.05, 0.1) is 5.52 Å².